The van der Waals surface area contributed by atoms with Crippen molar-refractivity contribution >= 4 is 28.9 Å². The van der Waals surface area contributed by atoms with Gasteiger partial charge in [0, 0.05) is 11.6 Å². The van der Waals surface area contributed by atoms with Crippen LogP contribution in [0.5, 0.6) is 0 Å². The molecule has 7 heteroatoms. The third-order valence-corrected chi connectivity index (χ3v) is 5.65. The molecule has 0 radical (unpaired) electrons. The van der Waals surface area contributed by atoms with Crippen molar-refractivity contribution < 1.29 is 18.7 Å². The molecule has 0 bridgehead atoms. The van der Waals surface area contributed by atoms with Crippen molar-refractivity contribution in [2.24, 2.45) is 0 Å². The third-order valence-electron chi connectivity index (χ3n) is 5.65. The number of hydrogen-bond donors (Lipinski definition) is 3. The minimum atomic E-state index is -1.37. The zero-order chi connectivity index (χ0) is 24.2. The summed E-state index contributed by atoms with van der Waals surface area (Å²) in [5.74, 6) is -1.54. The SMILES string of the molecule is CC/C(=C(/c1ccc(/C=C/C(=O)O)cc1)c1ccc2c(c1)C(F)NN2)c1ccc(F)cc1C#N. The summed E-state index contributed by atoms with van der Waals surface area (Å²) in [7, 11) is 0. The Morgan fingerprint density at radius 2 is 1.85 bits per heavy atom. The summed E-state index contributed by atoms with van der Waals surface area (Å²) in [5, 5.41) is 18.5. The Hall–Kier alpha value is -4.28. The number of nitriles is 1. The molecule has 1 aliphatic rings. The van der Waals surface area contributed by atoms with Crippen molar-refractivity contribution in [3.63, 3.8) is 0 Å². The smallest absolute Gasteiger partial charge is 0.328 e. The summed E-state index contributed by atoms with van der Waals surface area (Å²) < 4.78 is 28.2. The van der Waals surface area contributed by atoms with E-state index in [2.05, 4.69) is 16.9 Å². The number of halogens is 2. The molecule has 0 spiro atoms. The normalized spacial score (nSPS) is 15.4. The highest BCUT2D eigenvalue weighted by Crippen LogP contribution is 2.39. The number of nitrogens with one attached hydrogen (secondary N) is 2. The highest BCUT2D eigenvalue weighted by atomic mass is 19.1. The number of carboxylic acids is 1. The van der Waals surface area contributed by atoms with Crippen molar-refractivity contribution in [3.05, 3.63) is 106 Å². The molecule has 3 N–H and O–H groups in total. The summed E-state index contributed by atoms with van der Waals surface area (Å²) in [4.78, 5) is 10.8. The van der Waals surface area contributed by atoms with Crippen LogP contribution in [-0.4, -0.2) is 11.1 Å². The first-order valence-corrected chi connectivity index (χ1v) is 10.7. The molecular weight excluding hydrogens is 436 g/mol. The minimum absolute atomic E-state index is 0.211. The van der Waals surface area contributed by atoms with Gasteiger partial charge in [-0.05, 0) is 70.2 Å². The molecule has 34 heavy (non-hydrogen) atoms. The Bertz CT molecular complexity index is 1360. The number of aliphatic carboxylic acids is 1. The number of rotatable bonds is 6. The van der Waals surface area contributed by atoms with Crippen molar-refractivity contribution in [1.82, 2.24) is 5.43 Å². The van der Waals surface area contributed by atoms with E-state index in [0.29, 0.717) is 28.8 Å². The van der Waals surface area contributed by atoms with Crippen molar-refractivity contribution in [2.45, 2.75) is 19.6 Å². The monoisotopic (exact) mass is 457 g/mol. The predicted octanol–water partition coefficient (Wildman–Crippen LogP) is 6.06. The molecular formula is C27H21F2N3O2. The van der Waals surface area contributed by atoms with Gasteiger partial charge in [-0.3, -0.25) is 0 Å². The maximum atomic E-state index is 14.4. The Balaban J connectivity index is 1.95. The number of allylic oxidation sites excluding steroid dienone is 1. The molecule has 1 aliphatic heterocycles. The third kappa shape index (κ3) is 4.58. The maximum Gasteiger partial charge on any atom is 0.328 e. The van der Waals surface area contributed by atoms with Gasteiger partial charge in [0.05, 0.1) is 17.3 Å². The molecule has 5 nitrogen and oxygen atoms in total. The summed E-state index contributed by atoms with van der Waals surface area (Å²) in [5.41, 5.74) is 11.1. The van der Waals surface area contributed by atoms with E-state index in [1.54, 1.807) is 30.3 Å². The second-order valence-corrected chi connectivity index (χ2v) is 7.74. The van der Waals surface area contributed by atoms with Crippen LogP contribution >= 0.6 is 0 Å². The molecule has 1 heterocycles. The van der Waals surface area contributed by atoms with E-state index in [-0.39, 0.29) is 5.56 Å². The number of nitrogens with zero attached hydrogens (tertiary/aromatic N) is 1. The summed E-state index contributed by atoms with van der Waals surface area (Å²) in [6, 6.07) is 18.8. The van der Waals surface area contributed by atoms with E-state index in [1.165, 1.54) is 18.2 Å². The Morgan fingerprint density at radius 3 is 2.53 bits per heavy atom. The van der Waals surface area contributed by atoms with Crippen LogP contribution in [0, 0.1) is 17.1 Å². The average molecular weight is 457 g/mol. The van der Waals surface area contributed by atoms with Gasteiger partial charge in [0.2, 0.25) is 0 Å². The van der Waals surface area contributed by atoms with Gasteiger partial charge in [-0.2, -0.15) is 5.26 Å². The molecule has 3 aromatic rings. The molecule has 1 atom stereocenters. The molecule has 170 valence electrons. The van der Waals surface area contributed by atoms with Gasteiger partial charge in [0.1, 0.15) is 5.82 Å². The van der Waals surface area contributed by atoms with Gasteiger partial charge in [0.15, 0.2) is 6.30 Å². The number of hydrazine groups is 1. The predicted molar refractivity (Wildman–Crippen MR) is 127 cm³/mol. The van der Waals surface area contributed by atoms with Crippen molar-refractivity contribution in [1.29, 1.82) is 5.26 Å². The second kappa shape index (κ2) is 9.69. The number of carbonyl (C=O) groups is 1. The molecule has 0 aromatic heterocycles. The maximum absolute atomic E-state index is 14.4. The van der Waals surface area contributed by atoms with Gasteiger partial charge >= 0.3 is 5.97 Å². The van der Waals surface area contributed by atoms with Gasteiger partial charge < -0.3 is 10.5 Å². The number of benzene rings is 3. The van der Waals surface area contributed by atoms with E-state index in [0.717, 1.165) is 28.3 Å². The largest absolute Gasteiger partial charge is 0.478 e. The molecule has 0 saturated heterocycles. The lowest BCUT2D eigenvalue weighted by Crippen LogP contribution is -2.14. The fraction of sp³-hybridized carbons (Fsp3) is 0.111. The van der Waals surface area contributed by atoms with E-state index < -0.39 is 18.1 Å². The Labute approximate surface area is 195 Å². The Kier molecular flexibility index (Phi) is 6.53. The average Bonchev–Trinajstić information content (AvgIpc) is 3.21. The summed E-state index contributed by atoms with van der Waals surface area (Å²) in [6.45, 7) is 1.94. The van der Waals surface area contributed by atoms with E-state index in [1.807, 2.05) is 25.1 Å². The van der Waals surface area contributed by atoms with Crippen LogP contribution in [0.4, 0.5) is 14.5 Å². The van der Waals surface area contributed by atoms with Gasteiger partial charge in [0.25, 0.3) is 0 Å². The highest BCUT2D eigenvalue weighted by Gasteiger charge is 2.23. The first kappa shape index (κ1) is 22.9. The van der Waals surface area contributed by atoms with Crippen LogP contribution in [-0.2, 0) is 4.79 Å². The Morgan fingerprint density at radius 1 is 1.12 bits per heavy atom. The molecule has 3 aromatic carbocycles. The van der Waals surface area contributed by atoms with Crippen LogP contribution in [0.15, 0.2) is 66.7 Å². The molecule has 0 amide bonds. The van der Waals surface area contributed by atoms with E-state index in [4.69, 9.17) is 5.11 Å². The lowest BCUT2D eigenvalue weighted by atomic mass is 9.85. The molecule has 1 unspecified atom stereocenters. The molecule has 0 saturated carbocycles. The van der Waals surface area contributed by atoms with E-state index >= 15 is 0 Å². The van der Waals surface area contributed by atoms with Crippen LogP contribution in [0.2, 0.25) is 0 Å². The summed E-state index contributed by atoms with van der Waals surface area (Å²) >= 11 is 0. The topological polar surface area (TPSA) is 85.2 Å². The number of carboxylic acid groups (broad SMARTS) is 1. The molecule has 0 aliphatic carbocycles. The highest BCUT2D eigenvalue weighted by molar-refractivity contribution is 6.00. The van der Waals surface area contributed by atoms with Gasteiger partial charge in [-0.25, -0.2) is 19.0 Å². The number of hydrogen-bond acceptors (Lipinski definition) is 4. The van der Waals surface area contributed by atoms with Crippen LogP contribution in [0.3, 0.4) is 0 Å². The summed E-state index contributed by atoms with van der Waals surface area (Å²) in [6.07, 6.45) is 1.71. The lowest BCUT2D eigenvalue weighted by molar-refractivity contribution is -0.131. The van der Waals surface area contributed by atoms with Crippen molar-refractivity contribution in [2.75, 3.05) is 5.43 Å². The second-order valence-electron chi connectivity index (χ2n) is 7.74. The fourth-order valence-corrected chi connectivity index (χ4v) is 4.08. The van der Waals surface area contributed by atoms with E-state index in [9.17, 15) is 18.8 Å². The zero-order valence-electron chi connectivity index (χ0n) is 18.3. The van der Waals surface area contributed by atoms with Gasteiger partial charge in [-0.15, -0.1) is 0 Å². The quantitative estimate of drug-likeness (QED) is 0.238. The standard InChI is InChI=1S/C27H21F2N3O2/c1-2-21(22-10-9-20(28)13-19(22)15-30)26(17-6-3-16(4-7-17)5-12-25(33)34)18-8-11-24-23(14-18)27(29)32-31-24/h3-14,27,31-32H,2H2,1H3,(H,33,34)/b12-5+,26-21+. The molecule has 4 rings (SSSR count). The zero-order valence-corrected chi connectivity index (χ0v) is 18.3. The number of fused-ring (bicyclic) bond motifs is 1. The lowest BCUT2D eigenvalue weighted by Gasteiger charge is -2.18. The van der Waals surface area contributed by atoms with Gasteiger partial charge in [-0.1, -0.05) is 43.3 Å². The first-order chi connectivity index (χ1) is 16.4. The van der Waals surface area contributed by atoms with Crippen LogP contribution < -0.4 is 10.9 Å². The fourth-order valence-electron chi connectivity index (χ4n) is 4.08. The van der Waals surface area contributed by atoms with Crippen LogP contribution in [0.25, 0.3) is 17.2 Å². The van der Waals surface area contributed by atoms with Crippen molar-refractivity contribution in [3.8, 4) is 6.07 Å². The number of alkyl halides is 1. The van der Waals surface area contributed by atoms with Crippen LogP contribution in [0.1, 0.15) is 53.0 Å². The first-order valence-electron chi connectivity index (χ1n) is 10.7. The molecule has 0 fully saturated rings. The number of anilines is 1. The minimum Gasteiger partial charge on any atom is -0.478 e.